The van der Waals surface area contributed by atoms with E-state index in [0.717, 1.165) is 11.3 Å². The molecule has 0 saturated heterocycles. The van der Waals surface area contributed by atoms with E-state index in [1.165, 1.54) is 0 Å². The number of amides is 1. The van der Waals surface area contributed by atoms with Crippen molar-refractivity contribution in [3.8, 4) is 5.69 Å². The molecule has 1 aromatic carbocycles. The fraction of sp³-hybridized carbons (Fsp3) is 0.267. The van der Waals surface area contributed by atoms with Crippen LogP contribution in [0.15, 0.2) is 42.7 Å². The number of aliphatic carboxylic acids is 1. The molecule has 0 spiro atoms. The van der Waals surface area contributed by atoms with E-state index < -0.39 is 11.9 Å². The molecule has 2 atom stereocenters. The molecular formula is C15H15N3O3. The molecule has 6 nitrogen and oxygen atoms in total. The molecule has 0 aliphatic heterocycles. The predicted octanol–water partition coefficient (Wildman–Crippen LogP) is 1.21. The number of rotatable bonds is 5. The molecule has 1 fully saturated rings. The minimum atomic E-state index is -0.890. The van der Waals surface area contributed by atoms with Crippen LogP contribution in [0.5, 0.6) is 0 Å². The normalized spacial score (nSPS) is 20.0. The number of nitrogens with one attached hydrogen (secondary N) is 1. The number of aromatic nitrogens is 2. The molecule has 0 unspecified atom stereocenters. The highest BCUT2D eigenvalue weighted by molar-refractivity contribution is 5.89. The minimum Gasteiger partial charge on any atom is -0.481 e. The number of hydrogen-bond donors (Lipinski definition) is 2. The Hall–Kier alpha value is -2.63. The van der Waals surface area contributed by atoms with Gasteiger partial charge in [-0.3, -0.25) is 9.59 Å². The topological polar surface area (TPSA) is 84.2 Å². The lowest BCUT2D eigenvalue weighted by atomic mass is 10.2. The second kappa shape index (κ2) is 5.40. The molecule has 1 aromatic heterocycles. The third kappa shape index (κ3) is 2.94. The van der Waals surface area contributed by atoms with Gasteiger partial charge >= 0.3 is 5.97 Å². The van der Waals surface area contributed by atoms with Crippen molar-refractivity contribution in [3.05, 3.63) is 48.3 Å². The van der Waals surface area contributed by atoms with Gasteiger partial charge in [0.25, 0.3) is 0 Å². The Morgan fingerprint density at radius 1 is 1.29 bits per heavy atom. The zero-order valence-corrected chi connectivity index (χ0v) is 11.3. The van der Waals surface area contributed by atoms with Crippen LogP contribution < -0.4 is 5.32 Å². The minimum absolute atomic E-state index is 0.182. The van der Waals surface area contributed by atoms with Crippen LogP contribution in [0.1, 0.15) is 12.0 Å². The van der Waals surface area contributed by atoms with Gasteiger partial charge in [0, 0.05) is 18.9 Å². The summed E-state index contributed by atoms with van der Waals surface area (Å²) in [5, 5.41) is 15.7. The standard InChI is InChI=1S/C15H15N3O3/c19-14(12-8-13(12)15(20)21)16-9-10-2-4-11(5-3-10)18-7-1-6-17-18/h1-7,12-13H,8-9H2,(H,16,19)(H,20,21)/t12-,13-/m1/s1. The lowest BCUT2D eigenvalue weighted by molar-refractivity contribution is -0.140. The third-order valence-corrected chi connectivity index (χ3v) is 3.62. The van der Waals surface area contributed by atoms with Crippen LogP contribution in [0.2, 0.25) is 0 Å². The molecule has 1 amide bonds. The fourth-order valence-electron chi connectivity index (χ4n) is 2.27. The van der Waals surface area contributed by atoms with Gasteiger partial charge in [-0.25, -0.2) is 4.68 Å². The molecule has 0 bridgehead atoms. The van der Waals surface area contributed by atoms with E-state index in [4.69, 9.17) is 5.11 Å². The molecule has 108 valence electrons. The average Bonchev–Trinajstić information content (AvgIpc) is 3.12. The summed E-state index contributed by atoms with van der Waals surface area (Å²) in [7, 11) is 0. The van der Waals surface area contributed by atoms with Gasteiger partial charge < -0.3 is 10.4 Å². The first-order valence-electron chi connectivity index (χ1n) is 6.74. The van der Waals surface area contributed by atoms with E-state index in [1.807, 2.05) is 36.5 Å². The summed E-state index contributed by atoms with van der Waals surface area (Å²) in [6.45, 7) is 0.404. The molecule has 2 aromatic rings. The molecule has 3 rings (SSSR count). The Kier molecular flexibility index (Phi) is 3.43. The van der Waals surface area contributed by atoms with Gasteiger partial charge in [-0.1, -0.05) is 12.1 Å². The number of carboxylic acids is 1. The number of carboxylic acid groups (broad SMARTS) is 1. The number of benzene rings is 1. The first-order valence-corrected chi connectivity index (χ1v) is 6.74. The number of nitrogens with zero attached hydrogens (tertiary/aromatic N) is 2. The summed E-state index contributed by atoms with van der Waals surface area (Å²) < 4.78 is 1.75. The molecule has 1 saturated carbocycles. The SMILES string of the molecule is O=C(O)[C@@H]1C[C@H]1C(=O)NCc1ccc(-n2cccn2)cc1. The van der Waals surface area contributed by atoms with Gasteiger partial charge in [0.15, 0.2) is 0 Å². The van der Waals surface area contributed by atoms with Crippen molar-refractivity contribution in [2.75, 3.05) is 0 Å². The fourth-order valence-corrected chi connectivity index (χ4v) is 2.27. The Morgan fingerprint density at radius 3 is 2.62 bits per heavy atom. The largest absolute Gasteiger partial charge is 0.481 e. The van der Waals surface area contributed by atoms with Gasteiger partial charge in [0.2, 0.25) is 5.91 Å². The first kappa shape index (κ1) is 13.4. The van der Waals surface area contributed by atoms with Crippen LogP contribution in [0.3, 0.4) is 0 Å². The number of hydrogen-bond acceptors (Lipinski definition) is 3. The Balaban J connectivity index is 1.54. The zero-order valence-electron chi connectivity index (χ0n) is 11.3. The van der Waals surface area contributed by atoms with Crippen LogP contribution in [0.25, 0.3) is 5.69 Å². The number of carbonyl (C=O) groups excluding carboxylic acids is 1. The quantitative estimate of drug-likeness (QED) is 0.864. The van der Waals surface area contributed by atoms with Crippen molar-refractivity contribution in [1.29, 1.82) is 0 Å². The van der Waals surface area contributed by atoms with E-state index >= 15 is 0 Å². The van der Waals surface area contributed by atoms with Gasteiger partial charge in [0.05, 0.1) is 17.5 Å². The van der Waals surface area contributed by atoms with Crippen molar-refractivity contribution in [2.45, 2.75) is 13.0 Å². The van der Waals surface area contributed by atoms with Crippen molar-refractivity contribution in [3.63, 3.8) is 0 Å². The Labute approximate surface area is 121 Å². The maximum atomic E-state index is 11.8. The van der Waals surface area contributed by atoms with Crippen LogP contribution >= 0.6 is 0 Å². The summed E-state index contributed by atoms with van der Waals surface area (Å²) in [6.07, 6.45) is 4.01. The van der Waals surface area contributed by atoms with Gasteiger partial charge in [-0.15, -0.1) is 0 Å². The number of carbonyl (C=O) groups is 2. The molecule has 21 heavy (non-hydrogen) atoms. The van der Waals surface area contributed by atoms with Crippen LogP contribution in [-0.2, 0) is 16.1 Å². The van der Waals surface area contributed by atoms with Crippen LogP contribution in [-0.4, -0.2) is 26.8 Å². The second-order valence-corrected chi connectivity index (χ2v) is 5.12. The monoisotopic (exact) mass is 285 g/mol. The summed E-state index contributed by atoms with van der Waals surface area (Å²) in [4.78, 5) is 22.5. The van der Waals surface area contributed by atoms with Crippen LogP contribution in [0.4, 0.5) is 0 Å². The third-order valence-electron chi connectivity index (χ3n) is 3.62. The molecule has 0 radical (unpaired) electrons. The van der Waals surface area contributed by atoms with Gasteiger partial charge in [-0.05, 0) is 30.2 Å². The predicted molar refractivity (Wildman–Crippen MR) is 74.6 cm³/mol. The molecule has 1 heterocycles. The maximum absolute atomic E-state index is 11.8. The summed E-state index contributed by atoms with van der Waals surface area (Å²) in [6, 6.07) is 9.53. The van der Waals surface area contributed by atoms with E-state index in [2.05, 4.69) is 10.4 Å². The van der Waals surface area contributed by atoms with Gasteiger partial charge in [0.1, 0.15) is 0 Å². The zero-order chi connectivity index (χ0) is 14.8. The molecule has 2 N–H and O–H groups in total. The second-order valence-electron chi connectivity index (χ2n) is 5.12. The van der Waals surface area contributed by atoms with E-state index in [0.29, 0.717) is 13.0 Å². The summed E-state index contributed by atoms with van der Waals surface area (Å²) in [5.41, 5.74) is 1.91. The lowest BCUT2D eigenvalue weighted by Crippen LogP contribution is -2.25. The summed E-state index contributed by atoms with van der Waals surface area (Å²) in [5.74, 6) is -1.95. The molecular weight excluding hydrogens is 270 g/mol. The molecule has 1 aliphatic rings. The van der Waals surface area contributed by atoms with Crippen LogP contribution in [0, 0.1) is 11.8 Å². The van der Waals surface area contributed by atoms with Crippen molar-refractivity contribution < 1.29 is 14.7 Å². The highest BCUT2D eigenvalue weighted by Gasteiger charge is 2.48. The molecule has 6 heteroatoms. The van der Waals surface area contributed by atoms with E-state index in [9.17, 15) is 9.59 Å². The van der Waals surface area contributed by atoms with Gasteiger partial charge in [-0.2, -0.15) is 5.10 Å². The van der Waals surface area contributed by atoms with E-state index in [1.54, 1.807) is 10.9 Å². The van der Waals surface area contributed by atoms with Crippen molar-refractivity contribution in [2.24, 2.45) is 11.8 Å². The highest BCUT2D eigenvalue weighted by Crippen LogP contribution is 2.38. The average molecular weight is 285 g/mol. The lowest BCUT2D eigenvalue weighted by Gasteiger charge is -2.06. The van der Waals surface area contributed by atoms with Crippen molar-refractivity contribution in [1.82, 2.24) is 15.1 Å². The maximum Gasteiger partial charge on any atom is 0.307 e. The summed E-state index contributed by atoms with van der Waals surface area (Å²) >= 11 is 0. The Bertz CT molecular complexity index is 649. The smallest absolute Gasteiger partial charge is 0.307 e. The Morgan fingerprint density at radius 2 is 2.05 bits per heavy atom. The van der Waals surface area contributed by atoms with E-state index in [-0.39, 0.29) is 11.8 Å². The first-order chi connectivity index (χ1) is 10.1. The van der Waals surface area contributed by atoms with Crippen molar-refractivity contribution >= 4 is 11.9 Å². The highest BCUT2D eigenvalue weighted by atomic mass is 16.4. The molecule has 1 aliphatic carbocycles.